The van der Waals surface area contributed by atoms with Crippen molar-refractivity contribution >= 4 is 23.5 Å². The van der Waals surface area contributed by atoms with Gasteiger partial charge < -0.3 is 15.0 Å². The Balaban J connectivity index is 1.85. The molecule has 0 unspecified atom stereocenters. The van der Waals surface area contributed by atoms with E-state index in [4.69, 9.17) is 4.74 Å². The van der Waals surface area contributed by atoms with Crippen LogP contribution in [0.1, 0.15) is 29.3 Å². The first-order valence-electron chi connectivity index (χ1n) is 8.34. The number of nitrogens with one attached hydrogen (secondary N) is 1. The monoisotopic (exact) mass is 354 g/mol. The van der Waals surface area contributed by atoms with Gasteiger partial charge in [0.1, 0.15) is 6.42 Å². The van der Waals surface area contributed by atoms with Crippen LogP contribution in [-0.2, 0) is 20.9 Å². The molecule has 136 valence electrons. The highest BCUT2D eigenvalue weighted by Crippen LogP contribution is 2.11. The van der Waals surface area contributed by atoms with Crippen molar-refractivity contribution in [2.75, 3.05) is 19.0 Å². The minimum Gasteiger partial charge on any atom is -0.462 e. The van der Waals surface area contributed by atoms with Crippen molar-refractivity contribution in [1.82, 2.24) is 4.90 Å². The van der Waals surface area contributed by atoms with Crippen molar-refractivity contribution in [3.8, 4) is 0 Å². The number of amides is 2. The molecule has 0 aromatic heterocycles. The van der Waals surface area contributed by atoms with Gasteiger partial charge in [-0.05, 0) is 36.8 Å². The van der Waals surface area contributed by atoms with E-state index in [0.29, 0.717) is 24.4 Å². The van der Waals surface area contributed by atoms with Crippen LogP contribution in [0.5, 0.6) is 0 Å². The van der Waals surface area contributed by atoms with Crippen LogP contribution in [0.15, 0.2) is 54.6 Å². The van der Waals surface area contributed by atoms with Crippen molar-refractivity contribution in [2.45, 2.75) is 19.9 Å². The van der Waals surface area contributed by atoms with E-state index < -0.39 is 11.9 Å². The van der Waals surface area contributed by atoms with E-state index >= 15 is 0 Å². The summed E-state index contributed by atoms with van der Waals surface area (Å²) in [7, 11) is 1.66. The topological polar surface area (TPSA) is 75.7 Å². The molecular weight excluding hydrogens is 332 g/mol. The summed E-state index contributed by atoms with van der Waals surface area (Å²) in [4.78, 5) is 37.3. The zero-order valence-electron chi connectivity index (χ0n) is 14.9. The second-order valence-corrected chi connectivity index (χ2v) is 5.76. The normalized spacial score (nSPS) is 10.1. The maximum Gasteiger partial charge on any atom is 0.338 e. The van der Waals surface area contributed by atoms with Gasteiger partial charge in [0, 0.05) is 19.3 Å². The van der Waals surface area contributed by atoms with Gasteiger partial charge >= 0.3 is 5.97 Å². The smallest absolute Gasteiger partial charge is 0.338 e. The van der Waals surface area contributed by atoms with Gasteiger partial charge in [-0.2, -0.15) is 0 Å². The van der Waals surface area contributed by atoms with Crippen LogP contribution < -0.4 is 5.32 Å². The largest absolute Gasteiger partial charge is 0.462 e. The third kappa shape index (κ3) is 5.73. The minimum atomic E-state index is -0.414. The molecule has 0 aliphatic carbocycles. The molecule has 2 amide bonds. The highest BCUT2D eigenvalue weighted by Gasteiger charge is 2.15. The number of hydrogen-bond acceptors (Lipinski definition) is 4. The summed E-state index contributed by atoms with van der Waals surface area (Å²) in [5, 5.41) is 2.65. The highest BCUT2D eigenvalue weighted by molar-refractivity contribution is 6.03. The van der Waals surface area contributed by atoms with Crippen LogP contribution in [0.3, 0.4) is 0 Å². The van der Waals surface area contributed by atoms with Gasteiger partial charge in [0.15, 0.2) is 0 Å². The van der Waals surface area contributed by atoms with Crippen LogP contribution in [0.2, 0.25) is 0 Å². The molecule has 0 aliphatic heterocycles. The summed E-state index contributed by atoms with van der Waals surface area (Å²) in [5.74, 6) is -1.09. The Kier molecular flexibility index (Phi) is 6.91. The predicted octanol–water partition coefficient (Wildman–Crippen LogP) is 2.85. The summed E-state index contributed by atoms with van der Waals surface area (Å²) in [6.07, 6.45) is -0.247. The van der Waals surface area contributed by atoms with Gasteiger partial charge in [-0.25, -0.2) is 4.79 Å². The van der Waals surface area contributed by atoms with E-state index in [0.717, 1.165) is 5.56 Å². The third-order valence-corrected chi connectivity index (χ3v) is 3.68. The first-order chi connectivity index (χ1) is 12.5. The zero-order chi connectivity index (χ0) is 18.9. The number of rotatable bonds is 7. The van der Waals surface area contributed by atoms with Crippen molar-refractivity contribution in [3.05, 3.63) is 65.7 Å². The lowest BCUT2D eigenvalue weighted by Crippen LogP contribution is -2.30. The Morgan fingerprint density at radius 2 is 1.65 bits per heavy atom. The van der Waals surface area contributed by atoms with Gasteiger partial charge in [0.25, 0.3) is 0 Å². The lowest BCUT2D eigenvalue weighted by Gasteiger charge is -2.17. The third-order valence-electron chi connectivity index (χ3n) is 3.68. The molecule has 0 bridgehead atoms. The van der Waals surface area contributed by atoms with Crippen LogP contribution in [-0.4, -0.2) is 36.3 Å². The van der Waals surface area contributed by atoms with Gasteiger partial charge in [0.05, 0.1) is 12.2 Å². The molecular formula is C20H22N2O4. The van der Waals surface area contributed by atoms with E-state index in [1.54, 1.807) is 38.2 Å². The summed E-state index contributed by atoms with van der Waals surface area (Å²) in [6, 6.07) is 15.9. The van der Waals surface area contributed by atoms with Crippen LogP contribution in [0.4, 0.5) is 5.69 Å². The highest BCUT2D eigenvalue weighted by atomic mass is 16.5. The molecule has 1 N–H and O–H groups in total. The predicted molar refractivity (Wildman–Crippen MR) is 98.6 cm³/mol. The summed E-state index contributed by atoms with van der Waals surface area (Å²) >= 11 is 0. The lowest BCUT2D eigenvalue weighted by molar-refractivity contribution is -0.134. The lowest BCUT2D eigenvalue weighted by atomic mass is 10.2. The Bertz CT molecular complexity index is 757. The number of esters is 1. The Morgan fingerprint density at radius 1 is 1.00 bits per heavy atom. The van der Waals surface area contributed by atoms with Gasteiger partial charge in [-0.1, -0.05) is 30.3 Å². The second kappa shape index (κ2) is 9.36. The zero-order valence-corrected chi connectivity index (χ0v) is 14.9. The van der Waals surface area contributed by atoms with Gasteiger partial charge in [0.2, 0.25) is 11.8 Å². The summed E-state index contributed by atoms with van der Waals surface area (Å²) in [6.45, 7) is 2.48. The van der Waals surface area contributed by atoms with E-state index in [2.05, 4.69) is 5.32 Å². The number of nitrogens with zero attached hydrogens (tertiary/aromatic N) is 1. The number of anilines is 1. The molecule has 0 aliphatic rings. The van der Waals surface area contributed by atoms with E-state index in [9.17, 15) is 14.4 Å². The van der Waals surface area contributed by atoms with Crippen LogP contribution in [0, 0.1) is 0 Å². The number of ether oxygens (including phenoxy) is 1. The van der Waals surface area contributed by atoms with Gasteiger partial charge in [-0.3, -0.25) is 9.59 Å². The second-order valence-electron chi connectivity index (χ2n) is 5.76. The quantitative estimate of drug-likeness (QED) is 0.613. The number of hydrogen-bond donors (Lipinski definition) is 1. The maximum atomic E-state index is 12.2. The van der Waals surface area contributed by atoms with Crippen molar-refractivity contribution < 1.29 is 19.1 Å². The SMILES string of the molecule is CCOC(=O)c1ccc(NC(=O)CC(=O)N(C)Cc2ccccc2)cc1. The molecule has 0 heterocycles. The van der Waals surface area contributed by atoms with Crippen molar-refractivity contribution in [1.29, 1.82) is 0 Å². The Labute approximate surface area is 152 Å². The molecule has 6 nitrogen and oxygen atoms in total. The average Bonchev–Trinajstić information content (AvgIpc) is 2.63. The summed E-state index contributed by atoms with van der Waals surface area (Å²) < 4.78 is 4.90. The molecule has 0 fully saturated rings. The Hall–Kier alpha value is -3.15. The molecule has 2 rings (SSSR count). The first kappa shape index (κ1) is 19.2. The molecule has 0 atom stereocenters. The molecule has 0 spiro atoms. The Morgan fingerprint density at radius 3 is 2.27 bits per heavy atom. The fraction of sp³-hybridized carbons (Fsp3) is 0.250. The fourth-order valence-electron chi connectivity index (χ4n) is 2.33. The molecule has 0 radical (unpaired) electrons. The molecule has 0 saturated heterocycles. The number of carbonyl (C=O) groups is 3. The molecule has 26 heavy (non-hydrogen) atoms. The number of benzene rings is 2. The van der Waals surface area contributed by atoms with Crippen molar-refractivity contribution in [2.24, 2.45) is 0 Å². The van der Waals surface area contributed by atoms with Crippen molar-refractivity contribution in [3.63, 3.8) is 0 Å². The maximum absolute atomic E-state index is 12.2. The number of carbonyl (C=O) groups excluding carboxylic acids is 3. The summed E-state index contributed by atoms with van der Waals surface area (Å²) in [5.41, 5.74) is 1.92. The van der Waals surface area contributed by atoms with E-state index in [1.807, 2.05) is 30.3 Å². The molecule has 6 heteroatoms. The average molecular weight is 354 g/mol. The molecule has 2 aromatic carbocycles. The standard InChI is InChI=1S/C20H22N2O4/c1-3-26-20(25)16-9-11-17(12-10-16)21-18(23)13-19(24)22(2)14-15-7-5-4-6-8-15/h4-12H,3,13-14H2,1-2H3,(H,21,23). The minimum absolute atomic E-state index is 0.247. The van der Waals surface area contributed by atoms with Crippen LogP contribution in [0.25, 0.3) is 0 Å². The molecule has 2 aromatic rings. The fourth-order valence-corrected chi connectivity index (χ4v) is 2.33. The van der Waals surface area contributed by atoms with E-state index in [-0.39, 0.29) is 12.3 Å². The molecule has 0 saturated carbocycles. The first-order valence-corrected chi connectivity index (χ1v) is 8.34. The van der Waals surface area contributed by atoms with E-state index in [1.165, 1.54) is 4.90 Å². The van der Waals surface area contributed by atoms with Crippen LogP contribution >= 0.6 is 0 Å². The van der Waals surface area contributed by atoms with Gasteiger partial charge in [-0.15, -0.1) is 0 Å².